The van der Waals surface area contributed by atoms with Gasteiger partial charge in [-0.2, -0.15) is 9.97 Å². The largest absolute Gasteiger partial charge is 0.346 e. The summed E-state index contributed by atoms with van der Waals surface area (Å²) in [6.45, 7) is 4.29. The van der Waals surface area contributed by atoms with E-state index in [1.165, 1.54) is 4.90 Å². The normalized spacial score (nSPS) is 11.2. The Labute approximate surface area is 143 Å². The number of H-pyrrole nitrogens is 1. The fraction of sp³-hybridized carbons (Fsp3) is 0.353. The predicted octanol–water partition coefficient (Wildman–Crippen LogP) is 1.78. The van der Waals surface area contributed by atoms with Gasteiger partial charge in [0.1, 0.15) is 5.69 Å². The second kappa shape index (κ2) is 6.84. The first kappa shape index (κ1) is 16.8. The van der Waals surface area contributed by atoms with Crippen LogP contribution in [0.1, 0.15) is 36.1 Å². The number of nitrogens with zero attached hydrogens (tertiary/aromatic N) is 4. The summed E-state index contributed by atoms with van der Waals surface area (Å²) >= 11 is 0. The predicted molar refractivity (Wildman–Crippen MR) is 91.0 cm³/mol. The third-order valence-electron chi connectivity index (χ3n) is 3.66. The number of rotatable bonds is 5. The van der Waals surface area contributed by atoms with Crippen LogP contribution in [0.4, 0.5) is 0 Å². The summed E-state index contributed by atoms with van der Waals surface area (Å²) in [5.74, 6) is 0.989. The van der Waals surface area contributed by atoms with Gasteiger partial charge in [-0.15, -0.1) is 0 Å². The third-order valence-corrected chi connectivity index (χ3v) is 3.66. The highest BCUT2D eigenvalue weighted by Crippen LogP contribution is 2.15. The van der Waals surface area contributed by atoms with E-state index in [1.54, 1.807) is 31.3 Å². The summed E-state index contributed by atoms with van der Waals surface area (Å²) in [4.78, 5) is 36.6. The van der Waals surface area contributed by atoms with Crippen molar-refractivity contribution in [1.82, 2.24) is 25.0 Å². The van der Waals surface area contributed by atoms with E-state index < -0.39 is 5.69 Å². The lowest BCUT2D eigenvalue weighted by molar-refractivity contribution is 0.0776. The molecule has 8 nitrogen and oxygen atoms in total. The lowest BCUT2D eigenvalue weighted by Gasteiger charge is -2.15. The number of nitrogens with one attached hydrogen (secondary N) is 1. The van der Waals surface area contributed by atoms with Crippen LogP contribution in [-0.2, 0) is 13.0 Å². The van der Waals surface area contributed by atoms with E-state index in [1.807, 2.05) is 0 Å². The second-order valence-corrected chi connectivity index (χ2v) is 6.30. The molecule has 1 N–H and O–H groups in total. The molecule has 1 amide bonds. The van der Waals surface area contributed by atoms with Crippen LogP contribution in [0, 0.1) is 5.92 Å². The van der Waals surface area contributed by atoms with E-state index in [0.717, 1.165) is 0 Å². The van der Waals surface area contributed by atoms with E-state index in [-0.39, 0.29) is 18.1 Å². The zero-order chi connectivity index (χ0) is 18.0. The summed E-state index contributed by atoms with van der Waals surface area (Å²) in [7, 11) is 1.61. The van der Waals surface area contributed by atoms with Crippen molar-refractivity contribution in [1.29, 1.82) is 0 Å². The molecule has 1 aromatic carbocycles. The Balaban J connectivity index is 1.83. The first-order chi connectivity index (χ1) is 11.9. The lowest BCUT2D eigenvalue weighted by atomic mass is 10.1. The van der Waals surface area contributed by atoms with Gasteiger partial charge in [-0.3, -0.25) is 4.79 Å². The van der Waals surface area contributed by atoms with E-state index in [9.17, 15) is 9.59 Å². The molecule has 0 spiro atoms. The molecular weight excluding hydrogens is 322 g/mol. The Hall–Kier alpha value is -3.03. The summed E-state index contributed by atoms with van der Waals surface area (Å²) < 4.78 is 5.18. The molecule has 8 heteroatoms. The van der Waals surface area contributed by atoms with Crippen LogP contribution in [0.2, 0.25) is 0 Å². The molecule has 0 aliphatic rings. The molecule has 2 aromatic heterocycles. The number of para-hydroxylation sites is 1. The van der Waals surface area contributed by atoms with Gasteiger partial charge in [0, 0.05) is 18.9 Å². The topological polar surface area (TPSA) is 105 Å². The maximum Gasteiger partial charge on any atom is 0.346 e. The van der Waals surface area contributed by atoms with E-state index in [4.69, 9.17) is 4.52 Å². The number of carbonyl (C=O) groups is 1. The van der Waals surface area contributed by atoms with Crippen LogP contribution < -0.4 is 5.69 Å². The van der Waals surface area contributed by atoms with Crippen LogP contribution in [-0.4, -0.2) is 38.0 Å². The smallest absolute Gasteiger partial charge is 0.339 e. The molecule has 0 unspecified atom stereocenters. The number of benzene rings is 1. The SMILES string of the molecule is CC(C)Cc1nc(CN(C)C(=O)c2nc(=O)[nH]c3ccccc23)no1. The molecule has 2 heterocycles. The Kier molecular flexibility index (Phi) is 4.60. The molecule has 0 aliphatic carbocycles. The molecule has 3 aromatic rings. The number of fused-ring (bicyclic) bond motifs is 1. The molecule has 0 aliphatic heterocycles. The van der Waals surface area contributed by atoms with Crippen LogP contribution in [0.15, 0.2) is 33.6 Å². The average molecular weight is 341 g/mol. The van der Waals surface area contributed by atoms with E-state index in [2.05, 4.69) is 34.0 Å². The molecule has 0 saturated heterocycles. The molecule has 0 fully saturated rings. The third kappa shape index (κ3) is 3.73. The standard InChI is InChI=1S/C17H19N5O3/c1-10(2)8-14-19-13(21-25-14)9-22(3)16(23)15-11-6-4-5-7-12(11)18-17(24)20-15/h4-7,10H,8-9H2,1-3H3,(H,18,20,24). The number of hydrogen-bond acceptors (Lipinski definition) is 6. The van der Waals surface area contributed by atoms with Crippen LogP contribution in [0.5, 0.6) is 0 Å². The first-order valence-electron chi connectivity index (χ1n) is 8.00. The Morgan fingerprint density at radius 3 is 2.80 bits per heavy atom. The molecule has 130 valence electrons. The van der Waals surface area contributed by atoms with Crippen LogP contribution >= 0.6 is 0 Å². The monoisotopic (exact) mass is 341 g/mol. The van der Waals surface area contributed by atoms with Crippen LogP contribution in [0.3, 0.4) is 0 Å². The molecule has 3 rings (SSSR count). The highest BCUT2D eigenvalue weighted by Gasteiger charge is 2.20. The second-order valence-electron chi connectivity index (χ2n) is 6.30. The minimum atomic E-state index is -0.561. The highest BCUT2D eigenvalue weighted by atomic mass is 16.5. The number of aromatic amines is 1. The van der Waals surface area contributed by atoms with Crippen molar-refractivity contribution < 1.29 is 9.32 Å². The fourth-order valence-corrected chi connectivity index (χ4v) is 2.52. The minimum absolute atomic E-state index is 0.104. The lowest BCUT2D eigenvalue weighted by Crippen LogP contribution is -2.30. The van der Waals surface area contributed by atoms with Gasteiger partial charge in [-0.05, 0) is 12.0 Å². The van der Waals surface area contributed by atoms with Crippen molar-refractivity contribution in [3.8, 4) is 0 Å². The first-order valence-corrected chi connectivity index (χ1v) is 8.00. The Morgan fingerprint density at radius 1 is 1.28 bits per heavy atom. The van der Waals surface area contributed by atoms with Crippen molar-refractivity contribution in [3.63, 3.8) is 0 Å². The number of aromatic nitrogens is 4. The van der Waals surface area contributed by atoms with Gasteiger partial charge in [0.25, 0.3) is 5.91 Å². The van der Waals surface area contributed by atoms with Crippen molar-refractivity contribution in [3.05, 3.63) is 52.2 Å². The molecule has 0 radical (unpaired) electrons. The molecular formula is C17H19N5O3. The number of amides is 1. The zero-order valence-electron chi connectivity index (χ0n) is 14.3. The van der Waals surface area contributed by atoms with Gasteiger partial charge in [-0.1, -0.05) is 37.2 Å². The van der Waals surface area contributed by atoms with Gasteiger partial charge in [0.15, 0.2) is 5.82 Å². The van der Waals surface area contributed by atoms with Crippen molar-refractivity contribution in [2.24, 2.45) is 5.92 Å². The van der Waals surface area contributed by atoms with Crippen molar-refractivity contribution in [2.75, 3.05) is 7.05 Å². The van der Waals surface area contributed by atoms with Crippen molar-refractivity contribution >= 4 is 16.8 Å². The molecule has 0 atom stereocenters. The van der Waals surface area contributed by atoms with E-state index >= 15 is 0 Å². The van der Waals surface area contributed by atoms with Gasteiger partial charge in [-0.25, -0.2) is 4.79 Å². The zero-order valence-corrected chi connectivity index (χ0v) is 14.3. The van der Waals surface area contributed by atoms with Gasteiger partial charge >= 0.3 is 5.69 Å². The molecule has 0 saturated carbocycles. The molecule has 25 heavy (non-hydrogen) atoms. The van der Waals surface area contributed by atoms with Gasteiger partial charge < -0.3 is 14.4 Å². The van der Waals surface area contributed by atoms with Crippen molar-refractivity contribution in [2.45, 2.75) is 26.8 Å². The summed E-state index contributed by atoms with van der Waals surface area (Å²) in [5.41, 5.74) is 0.111. The summed E-state index contributed by atoms with van der Waals surface area (Å²) in [6.07, 6.45) is 0.685. The Bertz CT molecular complexity index is 960. The number of hydrogen-bond donors (Lipinski definition) is 1. The maximum absolute atomic E-state index is 12.7. The van der Waals surface area contributed by atoms with Crippen LogP contribution in [0.25, 0.3) is 10.9 Å². The highest BCUT2D eigenvalue weighted by molar-refractivity contribution is 6.03. The Morgan fingerprint density at radius 2 is 2.04 bits per heavy atom. The van der Waals surface area contributed by atoms with Gasteiger partial charge in [0.2, 0.25) is 5.89 Å². The fourth-order valence-electron chi connectivity index (χ4n) is 2.52. The minimum Gasteiger partial charge on any atom is -0.339 e. The summed E-state index contributed by atoms with van der Waals surface area (Å²) in [6, 6.07) is 7.04. The average Bonchev–Trinajstić information content (AvgIpc) is 2.99. The maximum atomic E-state index is 12.7. The quantitative estimate of drug-likeness (QED) is 0.758. The van der Waals surface area contributed by atoms with E-state index in [0.29, 0.717) is 35.0 Å². The number of carbonyl (C=O) groups excluding carboxylic acids is 1. The summed E-state index contributed by atoms with van der Waals surface area (Å²) in [5, 5.41) is 4.49. The molecule has 0 bridgehead atoms. The van der Waals surface area contributed by atoms with Gasteiger partial charge in [0.05, 0.1) is 12.1 Å².